The van der Waals surface area contributed by atoms with Crippen molar-refractivity contribution in [3.63, 3.8) is 0 Å². The number of amides is 1. The van der Waals surface area contributed by atoms with Gasteiger partial charge in [0.05, 0.1) is 24.5 Å². The molecule has 0 bridgehead atoms. The Morgan fingerprint density at radius 3 is 2.54 bits per heavy atom. The lowest BCUT2D eigenvalue weighted by Gasteiger charge is -2.28. The van der Waals surface area contributed by atoms with Gasteiger partial charge < -0.3 is 20.1 Å². The van der Waals surface area contributed by atoms with Gasteiger partial charge in [-0.2, -0.15) is 0 Å². The number of benzene rings is 1. The van der Waals surface area contributed by atoms with Crippen LogP contribution in [0, 0.1) is 11.8 Å². The average molecular weight is 362 g/mol. The molecule has 1 aliphatic heterocycles. The van der Waals surface area contributed by atoms with Crippen LogP contribution in [-0.2, 0) is 9.53 Å². The predicted octanol–water partition coefficient (Wildman–Crippen LogP) is 3.22. The Labute approximate surface area is 155 Å². The summed E-state index contributed by atoms with van der Waals surface area (Å²) in [5, 5.41) is 6.27. The molecule has 0 aromatic heterocycles. The van der Waals surface area contributed by atoms with Crippen LogP contribution in [-0.4, -0.2) is 38.2 Å². The predicted molar refractivity (Wildman–Crippen MR) is 102 cm³/mol. The van der Waals surface area contributed by atoms with Gasteiger partial charge in [0.1, 0.15) is 5.75 Å². The highest BCUT2D eigenvalue weighted by Gasteiger charge is 2.23. The molecule has 1 aromatic rings. The van der Waals surface area contributed by atoms with Crippen LogP contribution in [0.15, 0.2) is 18.2 Å². The molecule has 1 heterocycles. The standard InChI is InChI=1S/C20H30N2O4/c1-13(2)26-18-6-5-16(20(24)25-4)12-17(18)22-19(23)11-14(3)15-7-9-21-10-8-15/h5-6,12-15,21H,7-11H2,1-4H3,(H,22,23). The molecule has 1 saturated heterocycles. The van der Waals surface area contributed by atoms with Crippen LogP contribution in [0.3, 0.4) is 0 Å². The minimum Gasteiger partial charge on any atom is -0.489 e. The SMILES string of the molecule is COC(=O)c1ccc(OC(C)C)c(NC(=O)CC(C)C2CCNCC2)c1. The summed E-state index contributed by atoms with van der Waals surface area (Å²) in [4.78, 5) is 24.3. The first-order valence-electron chi connectivity index (χ1n) is 9.30. The van der Waals surface area contributed by atoms with E-state index in [-0.39, 0.29) is 12.0 Å². The Balaban J connectivity index is 2.08. The number of hydrogen-bond acceptors (Lipinski definition) is 5. The van der Waals surface area contributed by atoms with E-state index in [0.29, 0.717) is 35.3 Å². The third-order valence-corrected chi connectivity index (χ3v) is 4.73. The number of rotatable bonds is 7. The van der Waals surface area contributed by atoms with Crippen molar-refractivity contribution in [2.75, 3.05) is 25.5 Å². The molecule has 6 heteroatoms. The summed E-state index contributed by atoms with van der Waals surface area (Å²) in [5.41, 5.74) is 0.884. The summed E-state index contributed by atoms with van der Waals surface area (Å²) in [6.07, 6.45) is 2.62. The molecule has 6 nitrogen and oxygen atoms in total. The minimum atomic E-state index is -0.445. The summed E-state index contributed by atoms with van der Waals surface area (Å²) in [6.45, 7) is 8.00. The van der Waals surface area contributed by atoms with E-state index in [1.165, 1.54) is 7.11 Å². The van der Waals surface area contributed by atoms with E-state index in [0.717, 1.165) is 25.9 Å². The molecule has 2 rings (SSSR count). The quantitative estimate of drug-likeness (QED) is 0.728. The maximum Gasteiger partial charge on any atom is 0.337 e. The molecule has 0 spiro atoms. The molecular weight excluding hydrogens is 332 g/mol. The van der Waals surface area contributed by atoms with Crippen molar-refractivity contribution >= 4 is 17.6 Å². The highest BCUT2D eigenvalue weighted by Crippen LogP contribution is 2.29. The van der Waals surface area contributed by atoms with E-state index in [2.05, 4.69) is 17.6 Å². The van der Waals surface area contributed by atoms with Crippen molar-refractivity contribution in [1.29, 1.82) is 0 Å². The van der Waals surface area contributed by atoms with Gasteiger partial charge in [-0.3, -0.25) is 4.79 Å². The van der Waals surface area contributed by atoms with Crippen LogP contribution < -0.4 is 15.4 Å². The smallest absolute Gasteiger partial charge is 0.337 e. The van der Waals surface area contributed by atoms with Gasteiger partial charge >= 0.3 is 5.97 Å². The van der Waals surface area contributed by atoms with Crippen molar-refractivity contribution in [3.05, 3.63) is 23.8 Å². The zero-order chi connectivity index (χ0) is 19.1. The summed E-state index contributed by atoms with van der Waals surface area (Å²) in [7, 11) is 1.33. The normalized spacial score (nSPS) is 16.2. The summed E-state index contributed by atoms with van der Waals surface area (Å²) in [6, 6.07) is 4.94. The second-order valence-electron chi connectivity index (χ2n) is 7.19. The zero-order valence-corrected chi connectivity index (χ0v) is 16.1. The Kier molecular flexibility index (Phi) is 7.45. The molecule has 2 N–H and O–H groups in total. The van der Waals surface area contributed by atoms with E-state index in [1.54, 1.807) is 18.2 Å². The van der Waals surface area contributed by atoms with Gasteiger partial charge in [0, 0.05) is 6.42 Å². The second kappa shape index (κ2) is 9.57. The fourth-order valence-electron chi connectivity index (χ4n) is 3.30. The van der Waals surface area contributed by atoms with Crippen molar-refractivity contribution in [3.8, 4) is 5.75 Å². The Bertz CT molecular complexity index is 624. The monoisotopic (exact) mass is 362 g/mol. The number of nitrogens with one attached hydrogen (secondary N) is 2. The molecular formula is C20H30N2O4. The van der Waals surface area contributed by atoms with E-state index in [9.17, 15) is 9.59 Å². The number of methoxy groups -OCH3 is 1. The molecule has 144 valence electrons. The third kappa shape index (κ3) is 5.73. The lowest BCUT2D eigenvalue weighted by molar-refractivity contribution is -0.117. The molecule has 0 saturated carbocycles. The first-order chi connectivity index (χ1) is 12.4. The van der Waals surface area contributed by atoms with Gasteiger partial charge in [-0.15, -0.1) is 0 Å². The topological polar surface area (TPSA) is 76.7 Å². The number of ether oxygens (including phenoxy) is 2. The number of piperidine rings is 1. The van der Waals surface area contributed by atoms with Gasteiger partial charge in [0.15, 0.2) is 0 Å². The fraction of sp³-hybridized carbons (Fsp3) is 0.600. The number of hydrogen-bond donors (Lipinski definition) is 2. The third-order valence-electron chi connectivity index (χ3n) is 4.73. The van der Waals surface area contributed by atoms with Gasteiger partial charge in [0.2, 0.25) is 5.91 Å². The molecule has 1 amide bonds. The maximum atomic E-state index is 12.6. The summed E-state index contributed by atoms with van der Waals surface area (Å²) < 4.78 is 10.5. The van der Waals surface area contributed by atoms with Crippen LogP contribution in [0.4, 0.5) is 5.69 Å². The molecule has 1 aromatic carbocycles. The summed E-state index contributed by atoms with van der Waals surface area (Å²) in [5.74, 6) is 0.923. The van der Waals surface area contributed by atoms with Crippen LogP contribution >= 0.6 is 0 Å². The number of anilines is 1. The lowest BCUT2D eigenvalue weighted by atomic mass is 9.84. The molecule has 0 radical (unpaired) electrons. The van der Waals surface area contributed by atoms with Gasteiger partial charge in [0.25, 0.3) is 0 Å². The first-order valence-corrected chi connectivity index (χ1v) is 9.30. The minimum absolute atomic E-state index is 0.0386. The average Bonchev–Trinajstić information content (AvgIpc) is 2.62. The van der Waals surface area contributed by atoms with E-state index >= 15 is 0 Å². The van der Waals surface area contributed by atoms with E-state index < -0.39 is 5.97 Å². The number of carbonyl (C=O) groups excluding carboxylic acids is 2. The number of carbonyl (C=O) groups is 2. The van der Waals surface area contributed by atoms with Crippen LogP contribution in [0.25, 0.3) is 0 Å². The number of esters is 1. The Morgan fingerprint density at radius 1 is 1.23 bits per heavy atom. The van der Waals surface area contributed by atoms with Crippen LogP contribution in [0.1, 0.15) is 50.4 Å². The second-order valence-corrected chi connectivity index (χ2v) is 7.19. The largest absolute Gasteiger partial charge is 0.489 e. The van der Waals surface area contributed by atoms with Gasteiger partial charge in [-0.25, -0.2) is 4.79 Å². The Morgan fingerprint density at radius 2 is 1.92 bits per heavy atom. The highest BCUT2D eigenvalue weighted by molar-refractivity contribution is 5.96. The molecule has 0 aliphatic carbocycles. The fourth-order valence-corrected chi connectivity index (χ4v) is 3.30. The van der Waals surface area contributed by atoms with E-state index in [4.69, 9.17) is 9.47 Å². The summed E-state index contributed by atoms with van der Waals surface area (Å²) >= 11 is 0. The Hall–Kier alpha value is -2.08. The first kappa shape index (κ1) is 20.2. The molecule has 1 fully saturated rings. The molecule has 26 heavy (non-hydrogen) atoms. The van der Waals surface area contributed by atoms with Gasteiger partial charge in [-0.05, 0) is 69.8 Å². The van der Waals surface area contributed by atoms with Crippen molar-refractivity contribution in [2.24, 2.45) is 11.8 Å². The van der Waals surface area contributed by atoms with Crippen LogP contribution in [0.5, 0.6) is 5.75 Å². The zero-order valence-electron chi connectivity index (χ0n) is 16.1. The van der Waals surface area contributed by atoms with Crippen molar-refractivity contribution in [1.82, 2.24) is 5.32 Å². The van der Waals surface area contributed by atoms with Gasteiger partial charge in [-0.1, -0.05) is 6.92 Å². The lowest BCUT2D eigenvalue weighted by Crippen LogP contribution is -2.32. The molecule has 1 atom stereocenters. The molecule has 1 unspecified atom stereocenters. The molecule has 1 aliphatic rings. The highest BCUT2D eigenvalue weighted by atomic mass is 16.5. The maximum absolute atomic E-state index is 12.6. The van der Waals surface area contributed by atoms with Crippen molar-refractivity contribution in [2.45, 2.75) is 46.1 Å². The van der Waals surface area contributed by atoms with Crippen molar-refractivity contribution < 1.29 is 19.1 Å². The van der Waals surface area contributed by atoms with Crippen LogP contribution in [0.2, 0.25) is 0 Å². The van der Waals surface area contributed by atoms with E-state index in [1.807, 2.05) is 13.8 Å².